The molecule has 1 atom stereocenters. The van der Waals surface area contributed by atoms with Gasteiger partial charge in [-0.2, -0.15) is 0 Å². The third-order valence-electron chi connectivity index (χ3n) is 5.05. The van der Waals surface area contributed by atoms with E-state index in [0.29, 0.717) is 36.6 Å². The monoisotopic (exact) mass is 443 g/mol. The number of nitrogens with zero attached hydrogens (tertiary/aromatic N) is 2. The fraction of sp³-hybridized carbons (Fsp3) is 0.304. The van der Waals surface area contributed by atoms with E-state index in [1.54, 1.807) is 18.2 Å². The molecule has 7 nitrogen and oxygen atoms in total. The molecule has 0 saturated carbocycles. The zero-order chi connectivity index (χ0) is 22.3. The SMILES string of the molecule is O=C1OC(COc2ccon2)CN1c1ccc(-c2ccc(CNCCCF)cc2)c(F)c1. The van der Waals surface area contributed by atoms with E-state index in [1.165, 1.54) is 17.2 Å². The number of nitrogens with one attached hydrogen (secondary N) is 1. The predicted molar refractivity (Wildman–Crippen MR) is 114 cm³/mol. The van der Waals surface area contributed by atoms with Gasteiger partial charge in [-0.15, -0.1) is 0 Å². The zero-order valence-corrected chi connectivity index (χ0v) is 17.3. The number of halogens is 2. The maximum Gasteiger partial charge on any atom is 0.414 e. The summed E-state index contributed by atoms with van der Waals surface area (Å²) in [6, 6.07) is 13.7. The van der Waals surface area contributed by atoms with Crippen LogP contribution in [0.5, 0.6) is 5.88 Å². The Bertz CT molecular complexity index is 1030. The van der Waals surface area contributed by atoms with Gasteiger partial charge in [0.25, 0.3) is 5.88 Å². The van der Waals surface area contributed by atoms with Gasteiger partial charge >= 0.3 is 6.09 Å². The van der Waals surface area contributed by atoms with Crippen LogP contribution < -0.4 is 15.0 Å². The second-order valence-corrected chi connectivity index (χ2v) is 7.35. The van der Waals surface area contributed by atoms with Crippen molar-refractivity contribution in [2.45, 2.75) is 19.1 Å². The molecule has 32 heavy (non-hydrogen) atoms. The van der Waals surface area contributed by atoms with Crippen molar-refractivity contribution in [1.29, 1.82) is 0 Å². The van der Waals surface area contributed by atoms with E-state index in [1.807, 2.05) is 24.3 Å². The molecule has 9 heteroatoms. The maximum atomic E-state index is 14.9. The standard InChI is InChI=1S/C23H23F2N3O4/c24-9-1-10-26-13-16-2-4-17(5-3-16)20-7-6-18(12-21(20)25)28-14-19(32-23(28)29)15-30-22-8-11-31-27-22/h2-8,11-12,19,26H,1,9-10,13-15H2. The fourth-order valence-corrected chi connectivity index (χ4v) is 3.41. The minimum absolute atomic E-state index is 0.115. The first-order chi connectivity index (χ1) is 15.6. The number of aromatic nitrogens is 1. The van der Waals surface area contributed by atoms with Gasteiger partial charge in [0.1, 0.15) is 18.7 Å². The zero-order valence-electron chi connectivity index (χ0n) is 17.3. The molecule has 1 aliphatic heterocycles. The second-order valence-electron chi connectivity index (χ2n) is 7.35. The van der Waals surface area contributed by atoms with Gasteiger partial charge in [0.05, 0.1) is 18.9 Å². The van der Waals surface area contributed by atoms with Crippen LogP contribution in [0.2, 0.25) is 0 Å². The Kier molecular flexibility index (Phi) is 6.96. The number of carbonyl (C=O) groups excluding carboxylic acids is 1. The number of ether oxygens (including phenoxy) is 2. The van der Waals surface area contributed by atoms with E-state index in [0.717, 1.165) is 11.1 Å². The highest BCUT2D eigenvalue weighted by Gasteiger charge is 2.33. The van der Waals surface area contributed by atoms with Gasteiger partial charge in [0.2, 0.25) is 0 Å². The minimum Gasteiger partial charge on any atom is -0.471 e. The van der Waals surface area contributed by atoms with Crippen molar-refractivity contribution < 1.29 is 27.6 Å². The average Bonchev–Trinajstić information content (AvgIpc) is 3.45. The van der Waals surface area contributed by atoms with E-state index in [-0.39, 0.29) is 19.8 Å². The number of alkyl halides is 1. The van der Waals surface area contributed by atoms with Crippen LogP contribution in [0.25, 0.3) is 11.1 Å². The van der Waals surface area contributed by atoms with E-state index < -0.39 is 18.0 Å². The van der Waals surface area contributed by atoms with E-state index in [4.69, 9.17) is 9.47 Å². The highest BCUT2D eigenvalue weighted by molar-refractivity contribution is 5.90. The molecular weight excluding hydrogens is 420 g/mol. The summed E-state index contributed by atoms with van der Waals surface area (Å²) in [6.07, 6.45) is 0.797. The smallest absolute Gasteiger partial charge is 0.414 e. The van der Waals surface area contributed by atoms with Gasteiger partial charge in [-0.25, -0.2) is 9.18 Å². The molecule has 0 spiro atoms. The number of hydrogen-bond acceptors (Lipinski definition) is 6. The Morgan fingerprint density at radius 3 is 2.75 bits per heavy atom. The van der Waals surface area contributed by atoms with E-state index in [9.17, 15) is 13.6 Å². The molecule has 3 aromatic rings. The Morgan fingerprint density at radius 1 is 1.19 bits per heavy atom. The third kappa shape index (κ3) is 5.23. The molecule has 4 rings (SSSR count). The molecule has 1 unspecified atom stereocenters. The molecule has 0 aliphatic carbocycles. The van der Waals surface area contributed by atoms with Crippen LogP contribution in [0.3, 0.4) is 0 Å². The summed E-state index contributed by atoms with van der Waals surface area (Å²) in [5.74, 6) is -0.136. The van der Waals surface area contributed by atoms with Crippen molar-refractivity contribution in [3.63, 3.8) is 0 Å². The van der Waals surface area contributed by atoms with Gasteiger partial charge in [0, 0.05) is 18.2 Å². The van der Waals surface area contributed by atoms with Crippen LogP contribution in [-0.4, -0.2) is 43.7 Å². The van der Waals surface area contributed by atoms with Gasteiger partial charge in [-0.1, -0.05) is 24.3 Å². The highest BCUT2D eigenvalue weighted by atomic mass is 19.1. The first-order valence-electron chi connectivity index (χ1n) is 10.3. The lowest BCUT2D eigenvalue weighted by atomic mass is 10.0. The van der Waals surface area contributed by atoms with Crippen molar-refractivity contribution in [2.75, 3.05) is 31.3 Å². The van der Waals surface area contributed by atoms with Crippen LogP contribution in [-0.2, 0) is 11.3 Å². The fourth-order valence-electron chi connectivity index (χ4n) is 3.41. The van der Waals surface area contributed by atoms with Crippen molar-refractivity contribution >= 4 is 11.8 Å². The summed E-state index contributed by atoms with van der Waals surface area (Å²) in [4.78, 5) is 13.6. The van der Waals surface area contributed by atoms with Crippen LogP contribution in [0, 0.1) is 5.82 Å². The summed E-state index contributed by atoms with van der Waals surface area (Å²) in [7, 11) is 0. The third-order valence-corrected chi connectivity index (χ3v) is 5.05. The molecule has 1 amide bonds. The highest BCUT2D eigenvalue weighted by Crippen LogP contribution is 2.29. The van der Waals surface area contributed by atoms with Crippen molar-refractivity contribution in [1.82, 2.24) is 10.5 Å². The number of carbonyl (C=O) groups is 1. The van der Waals surface area contributed by atoms with Gasteiger partial charge in [0.15, 0.2) is 6.10 Å². The quantitative estimate of drug-likeness (QED) is 0.470. The number of amides is 1. The molecule has 1 aliphatic rings. The Morgan fingerprint density at radius 2 is 2.03 bits per heavy atom. The molecule has 168 valence electrons. The number of cyclic esters (lactones) is 1. The number of benzene rings is 2. The van der Waals surface area contributed by atoms with E-state index in [2.05, 4.69) is 15.0 Å². The number of hydrogen-bond donors (Lipinski definition) is 1. The normalized spacial score (nSPS) is 15.8. The summed E-state index contributed by atoms with van der Waals surface area (Å²) >= 11 is 0. The Balaban J connectivity index is 1.38. The van der Waals surface area contributed by atoms with Crippen LogP contribution in [0.4, 0.5) is 19.3 Å². The first-order valence-corrected chi connectivity index (χ1v) is 10.3. The summed E-state index contributed by atoms with van der Waals surface area (Å²) < 4.78 is 42.4. The number of anilines is 1. The minimum atomic E-state index is -0.560. The number of rotatable bonds is 10. The summed E-state index contributed by atoms with van der Waals surface area (Å²) in [6.45, 7) is 1.25. The molecule has 0 radical (unpaired) electrons. The summed E-state index contributed by atoms with van der Waals surface area (Å²) in [5, 5.41) is 6.79. The van der Waals surface area contributed by atoms with E-state index >= 15 is 0 Å². The van der Waals surface area contributed by atoms with Crippen LogP contribution in [0.15, 0.2) is 59.3 Å². The summed E-state index contributed by atoms with van der Waals surface area (Å²) in [5.41, 5.74) is 2.60. The molecule has 1 fully saturated rings. The second kappa shape index (κ2) is 10.2. The molecule has 0 bridgehead atoms. The lowest BCUT2D eigenvalue weighted by Crippen LogP contribution is -2.26. The Labute approximate surface area is 183 Å². The lowest BCUT2D eigenvalue weighted by molar-refractivity contribution is 0.102. The topological polar surface area (TPSA) is 76.8 Å². The first kappa shape index (κ1) is 21.8. The predicted octanol–water partition coefficient (Wildman–Crippen LogP) is 4.33. The molecule has 1 aromatic heterocycles. The molecule has 2 heterocycles. The van der Waals surface area contributed by atoms with Crippen molar-refractivity contribution in [2.24, 2.45) is 0 Å². The maximum absolute atomic E-state index is 14.9. The average molecular weight is 443 g/mol. The molecule has 1 N–H and O–H groups in total. The van der Waals surface area contributed by atoms with Crippen molar-refractivity contribution in [3.05, 3.63) is 66.2 Å². The largest absolute Gasteiger partial charge is 0.471 e. The Hall–Kier alpha value is -3.46. The molecular formula is C23H23F2N3O4. The van der Waals surface area contributed by atoms with Gasteiger partial charge in [-0.05, 0) is 47.4 Å². The van der Waals surface area contributed by atoms with Crippen molar-refractivity contribution in [3.8, 4) is 17.0 Å². The van der Waals surface area contributed by atoms with Gasteiger partial charge < -0.3 is 19.3 Å². The molecule has 1 saturated heterocycles. The van der Waals surface area contributed by atoms with Crippen LogP contribution >= 0.6 is 0 Å². The van der Waals surface area contributed by atoms with Crippen LogP contribution in [0.1, 0.15) is 12.0 Å². The molecule has 2 aromatic carbocycles. The lowest BCUT2D eigenvalue weighted by Gasteiger charge is -2.14. The van der Waals surface area contributed by atoms with Gasteiger partial charge in [-0.3, -0.25) is 9.29 Å².